The van der Waals surface area contributed by atoms with Crippen molar-refractivity contribution in [1.29, 1.82) is 5.26 Å². The molecule has 0 heterocycles. The topological polar surface area (TPSA) is 44.1 Å². The summed E-state index contributed by atoms with van der Waals surface area (Å²) in [7, 11) is 0. The normalized spacial score (nSPS) is 9.96. The molecule has 0 unspecified atom stereocenters. The molecule has 0 spiro atoms. The maximum Gasteiger partial charge on any atom is 0.257 e. The van der Waals surface area contributed by atoms with Crippen LogP contribution in [-0.2, 0) is 6.54 Å². The van der Waals surface area contributed by atoms with E-state index < -0.39 is 17.5 Å². The van der Waals surface area contributed by atoms with E-state index in [0.29, 0.717) is 5.56 Å². The molecule has 0 aliphatic carbocycles. The summed E-state index contributed by atoms with van der Waals surface area (Å²) in [5, 5.41) is 8.78. The van der Waals surface area contributed by atoms with E-state index in [9.17, 15) is 13.6 Å². The first-order valence-corrected chi connectivity index (χ1v) is 6.90. The fourth-order valence-electron chi connectivity index (χ4n) is 2.12. The van der Waals surface area contributed by atoms with Crippen molar-refractivity contribution in [2.75, 3.05) is 6.54 Å². The number of carbonyl (C=O) groups excluding carboxylic acids is 1. The zero-order valence-corrected chi connectivity index (χ0v) is 12.3. The van der Waals surface area contributed by atoms with Gasteiger partial charge in [-0.15, -0.1) is 6.58 Å². The minimum absolute atomic E-state index is 0.189. The Morgan fingerprint density at radius 3 is 2.52 bits per heavy atom. The molecular formula is C18H14F2N2O. The van der Waals surface area contributed by atoms with E-state index in [-0.39, 0.29) is 18.7 Å². The molecule has 1 amide bonds. The lowest BCUT2D eigenvalue weighted by molar-refractivity contribution is 0.0757. The van der Waals surface area contributed by atoms with Gasteiger partial charge in [-0.1, -0.05) is 24.3 Å². The molecule has 2 aromatic rings. The monoisotopic (exact) mass is 312 g/mol. The van der Waals surface area contributed by atoms with Crippen LogP contribution in [0.2, 0.25) is 0 Å². The number of benzene rings is 2. The van der Waals surface area contributed by atoms with E-state index in [1.54, 1.807) is 24.3 Å². The SMILES string of the molecule is C=CCN(Cc1ccc(C#N)cc1)C(=O)c1cccc(F)c1F. The molecule has 0 bridgehead atoms. The Morgan fingerprint density at radius 2 is 1.91 bits per heavy atom. The molecule has 2 rings (SSSR count). The van der Waals surface area contributed by atoms with Crippen LogP contribution in [0.1, 0.15) is 21.5 Å². The van der Waals surface area contributed by atoms with Crippen LogP contribution in [0.15, 0.2) is 55.1 Å². The van der Waals surface area contributed by atoms with Crippen molar-refractivity contribution in [3.05, 3.63) is 83.4 Å². The second-order valence-electron chi connectivity index (χ2n) is 4.88. The number of carbonyl (C=O) groups is 1. The number of rotatable bonds is 5. The molecule has 116 valence electrons. The van der Waals surface area contributed by atoms with Gasteiger partial charge in [0.2, 0.25) is 0 Å². The molecular weight excluding hydrogens is 298 g/mol. The Balaban J connectivity index is 2.26. The Kier molecular flexibility index (Phi) is 5.21. The second kappa shape index (κ2) is 7.32. The van der Waals surface area contributed by atoms with Crippen molar-refractivity contribution >= 4 is 5.91 Å². The lowest BCUT2D eigenvalue weighted by Crippen LogP contribution is -2.31. The quantitative estimate of drug-likeness (QED) is 0.791. The third-order valence-electron chi connectivity index (χ3n) is 3.28. The van der Waals surface area contributed by atoms with Gasteiger partial charge in [0.25, 0.3) is 5.91 Å². The molecule has 0 fully saturated rings. The lowest BCUT2D eigenvalue weighted by Gasteiger charge is -2.21. The van der Waals surface area contributed by atoms with E-state index in [1.807, 2.05) is 6.07 Å². The number of halogens is 2. The first-order valence-electron chi connectivity index (χ1n) is 6.90. The van der Waals surface area contributed by atoms with E-state index >= 15 is 0 Å². The van der Waals surface area contributed by atoms with Gasteiger partial charge in [0.05, 0.1) is 17.2 Å². The highest BCUT2D eigenvalue weighted by molar-refractivity contribution is 5.94. The molecule has 0 atom stereocenters. The predicted molar refractivity (Wildman–Crippen MR) is 82.5 cm³/mol. The van der Waals surface area contributed by atoms with Crippen molar-refractivity contribution in [1.82, 2.24) is 4.90 Å². The molecule has 0 aliphatic heterocycles. The number of amides is 1. The van der Waals surface area contributed by atoms with Crippen LogP contribution in [0, 0.1) is 23.0 Å². The first-order chi connectivity index (χ1) is 11.1. The van der Waals surface area contributed by atoms with Gasteiger partial charge in [0.1, 0.15) is 0 Å². The highest BCUT2D eigenvalue weighted by Gasteiger charge is 2.20. The van der Waals surface area contributed by atoms with Crippen LogP contribution in [0.3, 0.4) is 0 Å². The predicted octanol–water partition coefficient (Wildman–Crippen LogP) is 3.66. The molecule has 0 N–H and O–H groups in total. The summed E-state index contributed by atoms with van der Waals surface area (Å²) in [6.45, 7) is 3.97. The Morgan fingerprint density at radius 1 is 1.22 bits per heavy atom. The van der Waals surface area contributed by atoms with Crippen LogP contribution in [0.25, 0.3) is 0 Å². The molecule has 3 nitrogen and oxygen atoms in total. The first kappa shape index (κ1) is 16.4. The molecule has 2 aromatic carbocycles. The highest BCUT2D eigenvalue weighted by Crippen LogP contribution is 2.16. The smallest absolute Gasteiger partial charge is 0.257 e. The van der Waals surface area contributed by atoms with Gasteiger partial charge in [0.15, 0.2) is 11.6 Å². The van der Waals surface area contributed by atoms with Gasteiger partial charge in [-0.25, -0.2) is 8.78 Å². The molecule has 0 radical (unpaired) electrons. The summed E-state index contributed by atoms with van der Waals surface area (Å²) in [6.07, 6.45) is 1.51. The van der Waals surface area contributed by atoms with Crippen LogP contribution >= 0.6 is 0 Å². The van der Waals surface area contributed by atoms with Crippen molar-refractivity contribution < 1.29 is 13.6 Å². The van der Waals surface area contributed by atoms with Gasteiger partial charge >= 0.3 is 0 Å². The Labute approximate surface area is 133 Å². The number of hydrogen-bond acceptors (Lipinski definition) is 2. The zero-order chi connectivity index (χ0) is 16.8. The zero-order valence-electron chi connectivity index (χ0n) is 12.3. The third kappa shape index (κ3) is 3.80. The summed E-state index contributed by atoms with van der Waals surface area (Å²) in [5.74, 6) is -2.84. The van der Waals surface area contributed by atoms with Crippen LogP contribution in [0.4, 0.5) is 8.78 Å². The van der Waals surface area contributed by atoms with E-state index in [1.165, 1.54) is 23.1 Å². The minimum Gasteiger partial charge on any atom is -0.331 e. The fraction of sp³-hybridized carbons (Fsp3) is 0.111. The van der Waals surface area contributed by atoms with Gasteiger partial charge in [0, 0.05) is 13.1 Å². The van der Waals surface area contributed by atoms with E-state index in [4.69, 9.17) is 5.26 Å². The van der Waals surface area contributed by atoms with Gasteiger partial charge in [-0.2, -0.15) is 5.26 Å². The van der Waals surface area contributed by atoms with E-state index in [0.717, 1.165) is 11.6 Å². The molecule has 23 heavy (non-hydrogen) atoms. The minimum atomic E-state index is -1.16. The summed E-state index contributed by atoms with van der Waals surface area (Å²) >= 11 is 0. The number of hydrogen-bond donors (Lipinski definition) is 0. The van der Waals surface area contributed by atoms with Crippen LogP contribution in [0.5, 0.6) is 0 Å². The summed E-state index contributed by atoms with van der Waals surface area (Å²) in [4.78, 5) is 13.8. The van der Waals surface area contributed by atoms with Crippen molar-refractivity contribution in [2.45, 2.75) is 6.54 Å². The van der Waals surface area contributed by atoms with Crippen LogP contribution < -0.4 is 0 Å². The van der Waals surface area contributed by atoms with Crippen molar-refractivity contribution in [2.24, 2.45) is 0 Å². The molecule has 0 aromatic heterocycles. The van der Waals surface area contributed by atoms with Gasteiger partial charge < -0.3 is 4.90 Å². The molecule has 0 saturated carbocycles. The fourth-order valence-corrected chi connectivity index (χ4v) is 2.12. The third-order valence-corrected chi connectivity index (χ3v) is 3.28. The summed E-state index contributed by atoms with van der Waals surface area (Å²) in [6, 6.07) is 12.2. The maximum absolute atomic E-state index is 13.8. The standard InChI is InChI=1S/C18H14F2N2O/c1-2-10-22(12-14-8-6-13(11-21)7-9-14)18(23)15-4-3-5-16(19)17(15)20/h2-9H,1,10,12H2. The Hall–Kier alpha value is -3.00. The maximum atomic E-state index is 13.8. The molecule has 0 aliphatic rings. The lowest BCUT2D eigenvalue weighted by atomic mass is 10.1. The largest absolute Gasteiger partial charge is 0.331 e. The molecule has 0 saturated heterocycles. The van der Waals surface area contributed by atoms with Crippen molar-refractivity contribution in [3.8, 4) is 6.07 Å². The van der Waals surface area contributed by atoms with Crippen LogP contribution in [-0.4, -0.2) is 17.4 Å². The number of nitrogens with zero attached hydrogens (tertiary/aromatic N) is 2. The van der Waals surface area contributed by atoms with Crippen molar-refractivity contribution in [3.63, 3.8) is 0 Å². The second-order valence-corrected chi connectivity index (χ2v) is 4.88. The summed E-state index contributed by atoms with van der Waals surface area (Å²) in [5.41, 5.74) is 0.961. The highest BCUT2D eigenvalue weighted by atomic mass is 19.2. The Bertz CT molecular complexity index is 764. The van der Waals surface area contributed by atoms with E-state index in [2.05, 4.69) is 6.58 Å². The van der Waals surface area contributed by atoms with Gasteiger partial charge in [-0.05, 0) is 29.8 Å². The summed E-state index contributed by atoms with van der Waals surface area (Å²) < 4.78 is 27.1. The van der Waals surface area contributed by atoms with Gasteiger partial charge in [-0.3, -0.25) is 4.79 Å². The number of nitriles is 1. The molecule has 5 heteroatoms. The average Bonchev–Trinajstić information content (AvgIpc) is 2.57. The average molecular weight is 312 g/mol.